The van der Waals surface area contributed by atoms with Crippen molar-refractivity contribution in [3.63, 3.8) is 0 Å². The van der Waals surface area contributed by atoms with E-state index >= 15 is 0 Å². The molecule has 5 rings (SSSR count). The number of allylic oxidation sites excluding steroid dienone is 6. The predicted octanol–water partition coefficient (Wildman–Crippen LogP) is 7.94. The van der Waals surface area contributed by atoms with Crippen molar-refractivity contribution in [3.05, 3.63) is 106 Å². The van der Waals surface area contributed by atoms with E-state index in [1.807, 2.05) is 0 Å². The van der Waals surface area contributed by atoms with Gasteiger partial charge in [-0.2, -0.15) is 0 Å². The minimum Gasteiger partial charge on any atom is -0.367 e. The lowest BCUT2D eigenvalue weighted by Gasteiger charge is -2.30. The van der Waals surface area contributed by atoms with Crippen molar-refractivity contribution in [2.45, 2.75) is 63.8 Å². The Labute approximate surface area is 217 Å². The molecule has 2 aromatic carbocycles. The van der Waals surface area contributed by atoms with Gasteiger partial charge < -0.3 is 9.80 Å². The summed E-state index contributed by atoms with van der Waals surface area (Å²) in [5.41, 5.74) is 9.57. The summed E-state index contributed by atoms with van der Waals surface area (Å²) in [5, 5.41) is 0. The Bertz CT molecular complexity index is 1270. The average molecular weight is 483 g/mol. The highest BCUT2D eigenvalue weighted by molar-refractivity contribution is 7.84. The number of thiol groups is 1. The maximum absolute atomic E-state index is 5.04. The van der Waals surface area contributed by atoms with E-state index in [-0.39, 0.29) is 10.8 Å². The Morgan fingerprint density at radius 3 is 2.20 bits per heavy atom. The van der Waals surface area contributed by atoms with Crippen LogP contribution in [0.25, 0.3) is 0 Å². The summed E-state index contributed by atoms with van der Waals surface area (Å²) in [5.74, 6) is 0. The van der Waals surface area contributed by atoms with Crippen LogP contribution in [0.1, 0.15) is 58.1 Å². The lowest BCUT2D eigenvalue weighted by Crippen LogP contribution is -2.37. The Morgan fingerprint density at radius 2 is 1.51 bits per heavy atom. The summed E-state index contributed by atoms with van der Waals surface area (Å²) in [6.07, 6.45) is 12.7. The average Bonchev–Trinajstić information content (AvgIpc) is 3.16. The molecule has 0 N–H and O–H groups in total. The first-order valence-corrected chi connectivity index (χ1v) is 13.3. The molecule has 2 aliphatic heterocycles. The molecule has 0 saturated heterocycles. The fraction of sp³-hybridized carbons (Fsp3) is 0.375. The third-order valence-corrected chi connectivity index (χ3v) is 9.07. The first-order valence-electron chi connectivity index (χ1n) is 12.8. The highest BCUT2D eigenvalue weighted by atomic mass is 32.1. The number of fused-ring (bicyclic) bond motifs is 2. The Morgan fingerprint density at radius 1 is 0.857 bits per heavy atom. The molecule has 182 valence electrons. The van der Waals surface area contributed by atoms with Crippen LogP contribution < -0.4 is 9.80 Å². The number of benzene rings is 2. The van der Waals surface area contributed by atoms with Crippen LogP contribution in [-0.4, -0.2) is 20.1 Å². The molecular weight excluding hydrogens is 444 g/mol. The summed E-state index contributed by atoms with van der Waals surface area (Å²) in [6, 6.07) is 17.9. The molecule has 0 saturated carbocycles. The van der Waals surface area contributed by atoms with Crippen LogP contribution in [0.3, 0.4) is 0 Å². The molecule has 1 atom stereocenters. The topological polar surface area (TPSA) is 6.48 Å². The van der Waals surface area contributed by atoms with E-state index in [1.54, 1.807) is 0 Å². The summed E-state index contributed by atoms with van der Waals surface area (Å²) in [6.45, 7) is 9.36. The highest BCUT2D eigenvalue weighted by Crippen LogP contribution is 2.47. The van der Waals surface area contributed by atoms with Crippen molar-refractivity contribution >= 4 is 24.0 Å². The largest absolute Gasteiger partial charge is 0.367 e. The van der Waals surface area contributed by atoms with Gasteiger partial charge in [0.25, 0.3) is 0 Å². The van der Waals surface area contributed by atoms with Gasteiger partial charge in [-0.1, -0.05) is 82.3 Å². The Balaban J connectivity index is 1.43. The second-order valence-corrected chi connectivity index (χ2v) is 11.8. The summed E-state index contributed by atoms with van der Waals surface area (Å²) < 4.78 is 0. The first kappa shape index (κ1) is 24.1. The molecule has 2 nitrogen and oxygen atoms in total. The molecule has 2 aromatic rings. The smallest absolute Gasteiger partial charge is 0.0565 e. The van der Waals surface area contributed by atoms with Crippen molar-refractivity contribution in [1.29, 1.82) is 0 Å². The molecule has 0 fully saturated rings. The van der Waals surface area contributed by atoms with Gasteiger partial charge in [-0.05, 0) is 59.7 Å². The van der Waals surface area contributed by atoms with Gasteiger partial charge in [-0.3, -0.25) is 0 Å². The van der Waals surface area contributed by atoms with Crippen LogP contribution in [0.5, 0.6) is 0 Å². The van der Waals surface area contributed by atoms with Crippen molar-refractivity contribution < 1.29 is 0 Å². The standard InChI is InChI=1S/C32H38N2S/c1-31(2)24-14-7-9-16-26(24)33(5)28(31)20-18-22-12-11-13-23(30(22)35)19-21-29-32(3,4)25-15-8-10-17-27(25)34(29)6/h7-10,14-21,28,35H,11-13H2,1-6H3/b20-18+,23-19+,29-21+. The predicted molar refractivity (Wildman–Crippen MR) is 155 cm³/mol. The number of hydrogen-bond acceptors (Lipinski definition) is 3. The van der Waals surface area contributed by atoms with Crippen molar-refractivity contribution in [2.75, 3.05) is 23.9 Å². The monoisotopic (exact) mass is 482 g/mol. The summed E-state index contributed by atoms with van der Waals surface area (Å²) in [7, 11) is 4.40. The zero-order valence-corrected chi connectivity index (χ0v) is 22.9. The molecular formula is C32H38N2S. The molecule has 35 heavy (non-hydrogen) atoms. The van der Waals surface area contributed by atoms with Crippen LogP contribution in [0, 0.1) is 0 Å². The number of rotatable bonds is 3. The second-order valence-electron chi connectivity index (χ2n) is 11.3. The fourth-order valence-corrected chi connectivity index (χ4v) is 6.79. The SMILES string of the molecule is CN1/C(=C/C=C2\CCCC(/C=C/C3N(C)c4ccccc4C3(C)C)=C2S)C(C)(C)c2ccccc21. The maximum atomic E-state index is 5.04. The third-order valence-electron chi connectivity index (χ3n) is 8.50. The minimum absolute atomic E-state index is 0.00603. The van der Waals surface area contributed by atoms with Crippen LogP contribution in [0.4, 0.5) is 11.4 Å². The van der Waals surface area contributed by atoms with E-state index in [2.05, 4.69) is 124 Å². The minimum atomic E-state index is -0.00603. The van der Waals surface area contributed by atoms with Crippen molar-refractivity contribution in [3.8, 4) is 0 Å². The lowest BCUT2D eigenvalue weighted by molar-refractivity contribution is 0.487. The molecule has 1 aliphatic carbocycles. The highest BCUT2D eigenvalue weighted by Gasteiger charge is 2.41. The van der Waals surface area contributed by atoms with Gasteiger partial charge in [0.1, 0.15) is 0 Å². The van der Waals surface area contributed by atoms with Gasteiger partial charge in [0, 0.05) is 46.9 Å². The number of nitrogens with zero attached hydrogens (tertiary/aromatic N) is 2. The second kappa shape index (κ2) is 8.78. The van der Waals surface area contributed by atoms with Crippen LogP contribution in [-0.2, 0) is 10.8 Å². The molecule has 0 aromatic heterocycles. The van der Waals surface area contributed by atoms with Gasteiger partial charge in [0.15, 0.2) is 0 Å². The number of para-hydroxylation sites is 2. The van der Waals surface area contributed by atoms with Gasteiger partial charge in [-0.15, -0.1) is 12.6 Å². The van der Waals surface area contributed by atoms with E-state index < -0.39 is 0 Å². The molecule has 1 unspecified atom stereocenters. The quantitative estimate of drug-likeness (QED) is 0.444. The normalized spacial score (nSPS) is 25.2. The molecule has 2 heterocycles. The van der Waals surface area contributed by atoms with Crippen molar-refractivity contribution in [2.24, 2.45) is 0 Å². The van der Waals surface area contributed by atoms with E-state index in [0.29, 0.717) is 6.04 Å². The van der Waals surface area contributed by atoms with E-state index in [9.17, 15) is 0 Å². The third kappa shape index (κ3) is 3.89. The van der Waals surface area contributed by atoms with E-state index in [0.717, 1.165) is 17.7 Å². The Hall–Kier alpha value is -2.65. The van der Waals surface area contributed by atoms with Crippen LogP contribution >= 0.6 is 12.6 Å². The molecule has 0 radical (unpaired) electrons. The fourth-order valence-electron chi connectivity index (χ4n) is 6.41. The van der Waals surface area contributed by atoms with Gasteiger partial charge in [0.2, 0.25) is 0 Å². The number of hydrogen-bond donors (Lipinski definition) is 1. The number of anilines is 2. The van der Waals surface area contributed by atoms with Crippen LogP contribution in [0.15, 0.2) is 94.6 Å². The van der Waals surface area contributed by atoms with E-state index in [4.69, 9.17) is 12.6 Å². The molecule has 3 aliphatic rings. The Kier molecular flexibility index (Phi) is 6.04. The molecule has 0 bridgehead atoms. The molecule has 3 heteroatoms. The van der Waals surface area contributed by atoms with E-state index in [1.165, 1.54) is 45.8 Å². The lowest BCUT2D eigenvalue weighted by atomic mass is 9.80. The first-order chi connectivity index (χ1) is 16.6. The summed E-state index contributed by atoms with van der Waals surface area (Å²) >= 11 is 5.04. The molecule has 0 spiro atoms. The maximum Gasteiger partial charge on any atom is 0.0565 e. The van der Waals surface area contributed by atoms with Gasteiger partial charge in [-0.25, -0.2) is 0 Å². The van der Waals surface area contributed by atoms with Crippen LogP contribution in [0.2, 0.25) is 0 Å². The van der Waals surface area contributed by atoms with Gasteiger partial charge >= 0.3 is 0 Å². The summed E-state index contributed by atoms with van der Waals surface area (Å²) in [4.78, 5) is 5.91. The molecule has 0 amide bonds. The van der Waals surface area contributed by atoms with Crippen molar-refractivity contribution in [1.82, 2.24) is 0 Å². The van der Waals surface area contributed by atoms with Gasteiger partial charge in [0.05, 0.1) is 6.04 Å². The number of likely N-dealkylation sites (N-methyl/N-ethyl adjacent to an activating group) is 2. The zero-order chi connectivity index (χ0) is 25.0. The zero-order valence-electron chi connectivity index (χ0n) is 22.0.